The summed E-state index contributed by atoms with van der Waals surface area (Å²) in [6.45, 7) is 2.02. The highest BCUT2D eigenvalue weighted by atomic mass is 16.7. The van der Waals surface area contributed by atoms with Gasteiger partial charge in [0.2, 0.25) is 5.88 Å². The van der Waals surface area contributed by atoms with E-state index in [1.165, 1.54) is 38.5 Å². The van der Waals surface area contributed by atoms with E-state index < -0.39 is 18.7 Å². The highest BCUT2D eigenvalue weighted by Crippen LogP contribution is 2.35. The quantitative estimate of drug-likeness (QED) is 0.108. The van der Waals surface area contributed by atoms with Gasteiger partial charge in [-0.15, -0.1) is 0 Å². The minimum Gasteiger partial charge on any atom is -0.482 e. The fourth-order valence-electron chi connectivity index (χ4n) is 4.64. The van der Waals surface area contributed by atoms with Crippen molar-refractivity contribution < 1.29 is 34.1 Å². The Morgan fingerprint density at radius 2 is 1.45 bits per heavy atom. The van der Waals surface area contributed by atoms with E-state index in [-0.39, 0.29) is 18.2 Å². The third kappa shape index (κ3) is 8.36. The lowest BCUT2D eigenvalue weighted by Gasteiger charge is -2.11. The zero-order valence-electron chi connectivity index (χ0n) is 22.0. The first kappa shape index (κ1) is 28.8. The molecule has 1 heterocycles. The van der Waals surface area contributed by atoms with Crippen LogP contribution in [0.5, 0.6) is 11.6 Å². The minimum atomic E-state index is -1.48. The summed E-state index contributed by atoms with van der Waals surface area (Å²) in [6.07, 6.45) is 9.12. The Kier molecular flexibility index (Phi) is 11.2. The monoisotopic (exact) mass is 523 g/mol. The van der Waals surface area contributed by atoms with E-state index >= 15 is 0 Å². The van der Waals surface area contributed by atoms with Gasteiger partial charge in [0, 0.05) is 11.8 Å². The average Bonchev–Trinajstić information content (AvgIpc) is 3.19. The Labute approximate surface area is 223 Å². The molecular weight excluding hydrogens is 486 g/mol. The van der Waals surface area contributed by atoms with Crippen molar-refractivity contribution in [3.63, 3.8) is 0 Å². The molecule has 0 amide bonds. The van der Waals surface area contributed by atoms with Gasteiger partial charge in [0.15, 0.2) is 12.4 Å². The predicted octanol–water partition coefficient (Wildman–Crippen LogP) is 7.31. The van der Waals surface area contributed by atoms with Crippen LogP contribution >= 0.6 is 0 Å². The van der Waals surface area contributed by atoms with Gasteiger partial charge < -0.3 is 24.3 Å². The average molecular weight is 524 g/mol. The molecule has 0 atom stereocenters. The van der Waals surface area contributed by atoms with Gasteiger partial charge in [-0.3, -0.25) is 4.79 Å². The van der Waals surface area contributed by atoms with Crippen LogP contribution in [0.3, 0.4) is 0 Å². The number of nitrogens with zero attached hydrogens (tertiary/aromatic N) is 1. The second kappa shape index (κ2) is 14.8. The van der Waals surface area contributed by atoms with E-state index in [0.29, 0.717) is 28.6 Å². The predicted molar refractivity (Wildman–Crippen MR) is 145 cm³/mol. The number of rotatable bonds is 17. The highest BCUT2D eigenvalue weighted by molar-refractivity contribution is 6.11. The second-order valence-electron chi connectivity index (χ2n) is 9.48. The third-order valence-corrected chi connectivity index (χ3v) is 6.52. The summed E-state index contributed by atoms with van der Waals surface area (Å²) in [5.41, 5.74) is 1.80. The van der Waals surface area contributed by atoms with E-state index in [4.69, 9.17) is 14.6 Å². The number of para-hydroxylation sites is 1. The molecule has 0 aliphatic carbocycles. The number of carbonyl (C=O) groups is 3. The van der Waals surface area contributed by atoms with Gasteiger partial charge in [-0.2, -0.15) is 0 Å². The maximum absolute atomic E-state index is 13.4. The van der Waals surface area contributed by atoms with Gasteiger partial charge >= 0.3 is 12.1 Å². The number of unbranched alkanes of at least 4 members (excludes halogenated alkanes) is 8. The zero-order valence-corrected chi connectivity index (χ0v) is 22.0. The number of carbonyl (C=O) groups excluding carboxylic acids is 1. The zero-order chi connectivity index (χ0) is 27.3. The van der Waals surface area contributed by atoms with Crippen LogP contribution in [-0.4, -0.2) is 39.3 Å². The molecule has 1 aromatic heterocycles. The SMILES string of the molecule is CCCCCCCCCCCC(=O)c1c(OC(=O)O)n(Cc2ccc(OCC(=O)O)cc2)c2ccccc12. The molecular formula is C30H37NO7. The van der Waals surface area contributed by atoms with Crippen LogP contribution in [0.25, 0.3) is 10.9 Å². The molecule has 0 bridgehead atoms. The van der Waals surface area contributed by atoms with Crippen LogP contribution in [0.1, 0.15) is 87.1 Å². The van der Waals surface area contributed by atoms with Crippen molar-refractivity contribution in [3.05, 3.63) is 59.7 Å². The van der Waals surface area contributed by atoms with Crippen molar-refractivity contribution >= 4 is 28.8 Å². The number of ether oxygens (including phenoxy) is 2. The first-order valence-electron chi connectivity index (χ1n) is 13.4. The van der Waals surface area contributed by atoms with E-state index in [1.807, 2.05) is 24.3 Å². The summed E-state index contributed by atoms with van der Waals surface area (Å²) in [6, 6.07) is 14.1. The van der Waals surface area contributed by atoms with Crippen molar-refractivity contribution in [3.8, 4) is 11.6 Å². The molecule has 2 aromatic carbocycles. The van der Waals surface area contributed by atoms with Crippen LogP contribution in [-0.2, 0) is 11.3 Å². The summed E-state index contributed by atoms with van der Waals surface area (Å²) in [5, 5.41) is 18.9. The van der Waals surface area contributed by atoms with Crippen molar-refractivity contribution in [2.24, 2.45) is 0 Å². The van der Waals surface area contributed by atoms with E-state index in [9.17, 15) is 19.5 Å². The Balaban J connectivity index is 1.74. The number of benzene rings is 2. The fraction of sp³-hybridized carbons (Fsp3) is 0.433. The van der Waals surface area contributed by atoms with Crippen LogP contribution in [0.4, 0.5) is 4.79 Å². The normalized spacial score (nSPS) is 11.0. The summed E-state index contributed by atoms with van der Waals surface area (Å²) in [4.78, 5) is 35.7. The molecule has 2 N–H and O–H groups in total. The van der Waals surface area contributed by atoms with Crippen LogP contribution in [0.2, 0.25) is 0 Å². The molecule has 0 unspecified atom stereocenters. The molecule has 3 aromatic rings. The summed E-state index contributed by atoms with van der Waals surface area (Å²) >= 11 is 0. The Morgan fingerprint density at radius 1 is 0.816 bits per heavy atom. The molecule has 3 rings (SSSR count). The smallest absolute Gasteiger partial charge is 0.482 e. The van der Waals surface area contributed by atoms with E-state index in [2.05, 4.69) is 6.92 Å². The number of Topliss-reactive ketones (excluding diaryl/α,β-unsaturated/α-hetero) is 1. The standard InChI is InChI=1S/C30H37NO7/c1-2-3-4-5-6-7-8-9-10-15-26(32)28-24-13-11-12-14-25(24)31(29(28)38-30(35)36)20-22-16-18-23(19-17-22)37-21-27(33)34/h11-14,16-19H,2-10,15,20-21H2,1H3,(H,33,34)(H,35,36). The lowest BCUT2D eigenvalue weighted by atomic mass is 10.0. The van der Waals surface area contributed by atoms with Crippen LogP contribution < -0.4 is 9.47 Å². The Hall–Kier alpha value is -3.81. The van der Waals surface area contributed by atoms with E-state index in [0.717, 1.165) is 24.8 Å². The molecule has 0 saturated carbocycles. The number of aliphatic carboxylic acids is 1. The number of fused-ring (bicyclic) bond motifs is 1. The van der Waals surface area contributed by atoms with Gasteiger partial charge in [-0.05, 0) is 30.2 Å². The molecule has 38 heavy (non-hydrogen) atoms. The molecule has 0 saturated heterocycles. The summed E-state index contributed by atoms with van der Waals surface area (Å²) in [7, 11) is 0. The van der Waals surface area contributed by atoms with Crippen molar-refractivity contribution in [1.82, 2.24) is 4.57 Å². The molecule has 0 spiro atoms. The first-order valence-corrected chi connectivity index (χ1v) is 13.4. The molecule has 0 radical (unpaired) electrons. The van der Waals surface area contributed by atoms with Gasteiger partial charge in [-0.1, -0.05) is 88.6 Å². The van der Waals surface area contributed by atoms with Gasteiger partial charge in [0.05, 0.1) is 17.6 Å². The minimum absolute atomic E-state index is 0.0193. The third-order valence-electron chi connectivity index (χ3n) is 6.52. The van der Waals surface area contributed by atoms with E-state index in [1.54, 1.807) is 28.8 Å². The molecule has 8 heteroatoms. The van der Waals surface area contributed by atoms with Crippen molar-refractivity contribution in [2.75, 3.05) is 6.61 Å². The number of ketones is 1. The molecule has 0 aliphatic heterocycles. The Bertz CT molecular complexity index is 1210. The lowest BCUT2D eigenvalue weighted by Crippen LogP contribution is -2.12. The topological polar surface area (TPSA) is 115 Å². The largest absolute Gasteiger partial charge is 0.512 e. The first-order chi connectivity index (χ1) is 18.4. The second-order valence-corrected chi connectivity index (χ2v) is 9.48. The van der Waals surface area contributed by atoms with Crippen molar-refractivity contribution in [2.45, 2.75) is 77.7 Å². The number of aromatic nitrogens is 1. The molecule has 8 nitrogen and oxygen atoms in total. The molecule has 0 fully saturated rings. The molecule has 0 aliphatic rings. The van der Waals surface area contributed by atoms with Crippen LogP contribution in [0.15, 0.2) is 48.5 Å². The Morgan fingerprint density at radius 3 is 2.08 bits per heavy atom. The van der Waals surface area contributed by atoms with Crippen molar-refractivity contribution in [1.29, 1.82) is 0 Å². The summed E-state index contributed by atoms with van der Waals surface area (Å²) < 4.78 is 12.1. The van der Waals surface area contributed by atoms with Gasteiger partial charge in [0.25, 0.3) is 0 Å². The lowest BCUT2D eigenvalue weighted by molar-refractivity contribution is -0.139. The number of hydrogen-bond acceptors (Lipinski definition) is 5. The van der Waals surface area contributed by atoms with Gasteiger partial charge in [0.1, 0.15) is 5.75 Å². The van der Waals surface area contributed by atoms with Gasteiger partial charge in [-0.25, -0.2) is 9.59 Å². The highest BCUT2D eigenvalue weighted by Gasteiger charge is 2.25. The van der Waals surface area contributed by atoms with Crippen LogP contribution in [0, 0.1) is 0 Å². The summed E-state index contributed by atoms with van der Waals surface area (Å²) in [5.74, 6) is -0.766. The fourth-order valence-corrected chi connectivity index (χ4v) is 4.64. The number of hydrogen-bond donors (Lipinski definition) is 2. The number of carboxylic acids is 1. The molecule has 204 valence electrons. The number of carboxylic acid groups (broad SMARTS) is 2. The maximum Gasteiger partial charge on any atom is 0.512 e. The maximum atomic E-state index is 13.4.